The monoisotopic (exact) mass is 388 g/mol. The first-order valence-electron chi connectivity index (χ1n) is 8.34. The Morgan fingerprint density at radius 1 is 1.30 bits per heavy atom. The minimum absolute atomic E-state index is 0.124. The molecule has 1 aliphatic rings. The predicted octanol–water partition coefficient (Wildman–Crippen LogP) is 1.35. The van der Waals surface area contributed by atoms with Crippen LogP contribution < -0.4 is 16.4 Å². The van der Waals surface area contributed by atoms with Crippen LogP contribution in [0.4, 0.5) is 5.00 Å². The van der Waals surface area contributed by atoms with Gasteiger partial charge in [-0.3, -0.25) is 19.4 Å². The SMILES string of the molecule is CC1(C)Cc2c(sc(NC(=O)C(=O)NCc3ccccn3)c2C(N)=O)CO1. The lowest BCUT2D eigenvalue weighted by atomic mass is 9.93. The number of nitrogens with one attached hydrogen (secondary N) is 2. The normalized spacial score (nSPS) is 14.9. The van der Waals surface area contributed by atoms with Crippen LogP contribution in [0, 0.1) is 0 Å². The van der Waals surface area contributed by atoms with Crippen molar-refractivity contribution in [1.29, 1.82) is 0 Å². The average Bonchev–Trinajstić information content (AvgIpc) is 2.96. The molecule has 3 heterocycles. The van der Waals surface area contributed by atoms with Crippen LogP contribution in [0.2, 0.25) is 0 Å². The number of thiophene rings is 1. The van der Waals surface area contributed by atoms with Gasteiger partial charge in [-0.05, 0) is 31.5 Å². The molecule has 0 bridgehead atoms. The predicted molar refractivity (Wildman–Crippen MR) is 100 cm³/mol. The fourth-order valence-corrected chi connectivity index (χ4v) is 3.95. The number of hydrogen-bond acceptors (Lipinski definition) is 6. The number of ether oxygens (including phenoxy) is 1. The molecule has 0 unspecified atom stereocenters. The Bertz CT molecular complexity index is 892. The summed E-state index contributed by atoms with van der Waals surface area (Å²) in [6, 6.07) is 5.28. The maximum absolute atomic E-state index is 12.2. The Balaban J connectivity index is 1.73. The van der Waals surface area contributed by atoms with Gasteiger partial charge in [0.1, 0.15) is 5.00 Å². The summed E-state index contributed by atoms with van der Waals surface area (Å²) in [5, 5.41) is 5.27. The van der Waals surface area contributed by atoms with E-state index >= 15 is 0 Å². The van der Waals surface area contributed by atoms with Gasteiger partial charge in [0.2, 0.25) is 0 Å². The smallest absolute Gasteiger partial charge is 0.314 e. The fourth-order valence-electron chi connectivity index (χ4n) is 2.82. The number of hydrogen-bond donors (Lipinski definition) is 3. The molecule has 0 atom stereocenters. The number of carbonyl (C=O) groups excluding carboxylic acids is 3. The Morgan fingerprint density at radius 2 is 2.07 bits per heavy atom. The van der Waals surface area contributed by atoms with Gasteiger partial charge in [0.15, 0.2) is 0 Å². The summed E-state index contributed by atoms with van der Waals surface area (Å²) >= 11 is 1.20. The molecule has 0 saturated carbocycles. The zero-order valence-electron chi connectivity index (χ0n) is 15.0. The van der Waals surface area contributed by atoms with Crippen molar-refractivity contribution in [3.63, 3.8) is 0 Å². The Hall–Kier alpha value is -2.78. The molecule has 0 saturated heterocycles. The molecule has 3 rings (SSSR count). The Labute approximate surface area is 160 Å². The van der Waals surface area contributed by atoms with Crippen LogP contribution in [0.5, 0.6) is 0 Å². The molecule has 0 spiro atoms. The van der Waals surface area contributed by atoms with Crippen LogP contribution in [0.3, 0.4) is 0 Å². The topological polar surface area (TPSA) is 123 Å². The van der Waals surface area contributed by atoms with E-state index in [9.17, 15) is 14.4 Å². The van der Waals surface area contributed by atoms with Gasteiger partial charge in [0, 0.05) is 17.5 Å². The van der Waals surface area contributed by atoms with Crippen LogP contribution in [0.25, 0.3) is 0 Å². The largest absolute Gasteiger partial charge is 0.370 e. The van der Waals surface area contributed by atoms with E-state index in [0.717, 1.165) is 10.4 Å². The molecule has 0 fully saturated rings. The number of aromatic nitrogens is 1. The molecule has 0 aromatic carbocycles. The number of anilines is 1. The average molecular weight is 388 g/mol. The van der Waals surface area contributed by atoms with E-state index < -0.39 is 23.3 Å². The molecule has 3 amide bonds. The highest BCUT2D eigenvalue weighted by Crippen LogP contribution is 2.40. The first kappa shape index (κ1) is 19.0. The summed E-state index contributed by atoms with van der Waals surface area (Å²) in [4.78, 5) is 41.1. The highest BCUT2D eigenvalue weighted by Gasteiger charge is 2.33. The van der Waals surface area contributed by atoms with Gasteiger partial charge in [0.05, 0.1) is 30.0 Å². The molecule has 9 heteroatoms. The Morgan fingerprint density at radius 3 is 2.74 bits per heavy atom. The summed E-state index contributed by atoms with van der Waals surface area (Å²) in [6.07, 6.45) is 2.10. The van der Waals surface area contributed by atoms with Gasteiger partial charge in [-0.1, -0.05) is 6.07 Å². The summed E-state index contributed by atoms with van der Waals surface area (Å²) in [5.74, 6) is -2.33. The van der Waals surface area contributed by atoms with Crippen molar-refractivity contribution < 1.29 is 19.1 Å². The van der Waals surface area contributed by atoms with Crippen molar-refractivity contribution in [2.75, 3.05) is 5.32 Å². The van der Waals surface area contributed by atoms with Gasteiger partial charge in [-0.25, -0.2) is 0 Å². The van der Waals surface area contributed by atoms with E-state index in [4.69, 9.17) is 10.5 Å². The van der Waals surface area contributed by atoms with Crippen molar-refractivity contribution in [3.05, 3.63) is 46.1 Å². The van der Waals surface area contributed by atoms with Crippen LogP contribution in [0.15, 0.2) is 24.4 Å². The maximum Gasteiger partial charge on any atom is 0.314 e. The fraction of sp³-hybridized carbons (Fsp3) is 0.333. The van der Waals surface area contributed by atoms with E-state index in [1.807, 2.05) is 13.8 Å². The van der Waals surface area contributed by atoms with Gasteiger partial charge >= 0.3 is 11.8 Å². The summed E-state index contributed by atoms with van der Waals surface area (Å²) in [5.41, 5.74) is 6.74. The molecule has 1 aliphatic heterocycles. The molecule has 142 valence electrons. The zero-order valence-corrected chi connectivity index (χ0v) is 15.8. The first-order chi connectivity index (χ1) is 12.8. The standard InChI is InChI=1S/C18H20N4O4S/c1-18(2)7-11-12(9-26-18)27-17(13(11)14(19)23)22-16(25)15(24)21-8-10-5-3-4-6-20-10/h3-6H,7-9H2,1-2H3,(H2,19,23)(H,21,24)(H,22,25). The number of amides is 3. The first-order valence-corrected chi connectivity index (χ1v) is 9.16. The van der Waals surface area contributed by atoms with E-state index in [-0.39, 0.29) is 17.1 Å². The van der Waals surface area contributed by atoms with Crippen molar-refractivity contribution in [2.24, 2.45) is 5.73 Å². The zero-order chi connectivity index (χ0) is 19.6. The highest BCUT2D eigenvalue weighted by atomic mass is 32.1. The number of fused-ring (bicyclic) bond motifs is 1. The number of pyridine rings is 1. The second kappa shape index (κ2) is 7.45. The minimum Gasteiger partial charge on any atom is -0.370 e. The van der Waals surface area contributed by atoms with Crippen LogP contribution in [0.1, 0.15) is 40.3 Å². The number of primary amides is 1. The molecule has 27 heavy (non-hydrogen) atoms. The molecule has 2 aromatic rings. The third-order valence-corrected chi connectivity index (χ3v) is 5.24. The van der Waals surface area contributed by atoms with Crippen molar-refractivity contribution in [3.8, 4) is 0 Å². The summed E-state index contributed by atoms with van der Waals surface area (Å²) in [6.45, 7) is 4.29. The number of rotatable bonds is 4. The van der Waals surface area contributed by atoms with Crippen LogP contribution in [-0.2, 0) is 33.9 Å². The van der Waals surface area contributed by atoms with Crippen molar-refractivity contribution in [2.45, 2.75) is 39.0 Å². The molecule has 2 aromatic heterocycles. The molecule has 4 N–H and O–H groups in total. The maximum atomic E-state index is 12.2. The third kappa shape index (κ3) is 4.32. The van der Waals surface area contributed by atoms with Crippen LogP contribution in [-0.4, -0.2) is 28.3 Å². The lowest BCUT2D eigenvalue weighted by Crippen LogP contribution is -2.35. The highest BCUT2D eigenvalue weighted by molar-refractivity contribution is 7.17. The van der Waals surface area contributed by atoms with Gasteiger partial charge in [-0.15, -0.1) is 11.3 Å². The third-order valence-electron chi connectivity index (χ3n) is 4.12. The number of carbonyl (C=O) groups is 3. The molecule has 8 nitrogen and oxygen atoms in total. The molecule has 0 aliphatic carbocycles. The number of nitrogens with zero attached hydrogens (tertiary/aromatic N) is 1. The summed E-state index contributed by atoms with van der Waals surface area (Å²) in [7, 11) is 0. The van der Waals surface area contributed by atoms with Gasteiger partial charge < -0.3 is 21.1 Å². The van der Waals surface area contributed by atoms with E-state index in [2.05, 4.69) is 15.6 Å². The van der Waals surface area contributed by atoms with Crippen molar-refractivity contribution >= 4 is 34.1 Å². The van der Waals surface area contributed by atoms with Gasteiger partial charge in [0.25, 0.3) is 5.91 Å². The lowest BCUT2D eigenvalue weighted by Gasteiger charge is -2.30. The lowest BCUT2D eigenvalue weighted by molar-refractivity contribution is -0.136. The second-order valence-electron chi connectivity index (χ2n) is 6.76. The Kier molecular flexibility index (Phi) is 5.24. The van der Waals surface area contributed by atoms with Crippen LogP contribution >= 0.6 is 11.3 Å². The van der Waals surface area contributed by atoms with E-state index in [0.29, 0.717) is 18.7 Å². The van der Waals surface area contributed by atoms with Gasteiger partial charge in [-0.2, -0.15) is 0 Å². The molecular weight excluding hydrogens is 368 g/mol. The summed E-state index contributed by atoms with van der Waals surface area (Å²) < 4.78 is 5.74. The molecule has 0 radical (unpaired) electrons. The van der Waals surface area contributed by atoms with E-state index in [1.165, 1.54) is 11.3 Å². The number of nitrogens with two attached hydrogens (primary N) is 1. The van der Waals surface area contributed by atoms with Crippen molar-refractivity contribution in [1.82, 2.24) is 10.3 Å². The second-order valence-corrected chi connectivity index (χ2v) is 7.86. The molecular formula is C18H20N4O4S. The van der Waals surface area contributed by atoms with E-state index in [1.54, 1.807) is 24.4 Å². The quantitative estimate of drug-likeness (QED) is 0.682. The minimum atomic E-state index is -0.868.